The van der Waals surface area contributed by atoms with E-state index in [1.165, 1.54) is 6.92 Å². The minimum Gasteiger partial charge on any atom is -0.427 e. The van der Waals surface area contributed by atoms with Crippen molar-refractivity contribution in [1.29, 1.82) is 0 Å². The molecule has 82 valence electrons. The largest absolute Gasteiger partial charge is 0.427 e. The zero-order valence-electron chi connectivity index (χ0n) is 8.79. The lowest BCUT2D eigenvalue weighted by molar-refractivity contribution is -0.131. The summed E-state index contributed by atoms with van der Waals surface area (Å²) in [6.07, 6.45) is 0. The lowest BCUT2D eigenvalue weighted by Gasteiger charge is -2.09. The predicted molar refractivity (Wildman–Crippen MR) is 60.3 cm³/mol. The molecular weight excluding hydrogens is 214 g/mol. The lowest BCUT2D eigenvalue weighted by atomic mass is 10.1. The molecule has 0 saturated heterocycles. The smallest absolute Gasteiger partial charge is 0.308 e. The first-order valence-electron chi connectivity index (χ1n) is 4.70. The Morgan fingerprint density at radius 1 is 1.47 bits per heavy atom. The Kier molecular flexibility index (Phi) is 4.59. The van der Waals surface area contributed by atoms with Crippen LogP contribution in [0.5, 0.6) is 5.75 Å². The fourth-order valence-corrected chi connectivity index (χ4v) is 1.51. The third kappa shape index (κ3) is 3.90. The van der Waals surface area contributed by atoms with E-state index in [0.29, 0.717) is 12.3 Å². The number of alkyl halides is 1. The van der Waals surface area contributed by atoms with Gasteiger partial charge in [0, 0.05) is 13.5 Å². The number of hydrogen-bond acceptors (Lipinski definition) is 3. The van der Waals surface area contributed by atoms with Crippen LogP contribution in [0, 0.1) is 0 Å². The van der Waals surface area contributed by atoms with Gasteiger partial charge in [0.25, 0.3) is 0 Å². The van der Waals surface area contributed by atoms with Crippen molar-refractivity contribution >= 4 is 17.6 Å². The molecule has 1 rings (SSSR count). The number of hydrogen-bond donors (Lipinski definition) is 1. The SMILES string of the molecule is CNCC(Cl)c1ccc(OC(C)=O)cc1. The van der Waals surface area contributed by atoms with E-state index in [0.717, 1.165) is 5.56 Å². The Bertz CT molecular complexity index is 324. The number of ether oxygens (including phenoxy) is 1. The first-order chi connectivity index (χ1) is 7.13. The van der Waals surface area contributed by atoms with E-state index in [1.54, 1.807) is 12.1 Å². The van der Waals surface area contributed by atoms with Gasteiger partial charge in [-0.3, -0.25) is 4.79 Å². The van der Waals surface area contributed by atoms with Crippen molar-refractivity contribution in [2.24, 2.45) is 0 Å². The van der Waals surface area contributed by atoms with Gasteiger partial charge < -0.3 is 10.1 Å². The minimum absolute atomic E-state index is 0.0682. The maximum atomic E-state index is 10.7. The predicted octanol–water partition coefficient (Wildman–Crippen LogP) is 2.11. The average molecular weight is 228 g/mol. The lowest BCUT2D eigenvalue weighted by Crippen LogP contribution is -2.13. The van der Waals surface area contributed by atoms with Gasteiger partial charge in [-0.15, -0.1) is 11.6 Å². The summed E-state index contributed by atoms with van der Waals surface area (Å²) < 4.78 is 4.91. The van der Waals surface area contributed by atoms with Crippen LogP contribution >= 0.6 is 11.6 Å². The molecule has 1 atom stereocenters. The maximum Gasteiger partial charge on any atom is 0.308 e. The Morgan fingerprint density at radius 2 is 2.07 bits per heavy atom. The molecule has 1 aromatic carbocycles. The van der Waals surface area contributed by atoms with Crippen LogP contribution in [0.25, 0.3) is 0 Å². The Morgan fingerprint density at radius 3 is 2.53 bits per heavy atom. The third-order valence-electron chi connectivity index (χ3n) is 1.89. The van der Waals surface area contributed by atoms with E-state index < -0.39 is 0 Å². The van der Waals surface area contributed by atoms with Crippen LogP contribution in [0.4, 0.5) is 0 Å². The van der Waals surface area contributed by atoms with Crippen molar-refractivity contribution in [3.8, 4) is 5.75 Å². The summed E-state index contributed by atoms with van der Waals surface area (Å²) in [6, 6.07) is 7.18. The molecule has 0 fully saturated rings. The molecule has 0 aliphatic heterocycles. The number of carbonyl (C=O) groups excluding carboxylic acids is 1. The zero-order chi connectivity index (χ0) is 11.3. The fourth-order valence-electron chi connectivity index (χ4n) is 1.21. The number of benzene rings is 1. The highest BCUT2D eigenvalue weighted by molar-refractivity contribution is 6.21. The van der Waals surface area contributed by atoms with Crippen LogP contribution < -0.4 is 10.1 Å². The first kappa shape index (κ1) is 12.0. The molecule has 0 bridgehead atoms. The van der Waals surface area contributed by atoms with E-state index >= 15 is 0 Å². The molecule has 1 N–H and O–H groups in total. The molecule has 0 radical (unpaired) electrons. The van der Waals surface area contributed by atoms with Crippen LogP contribution in [0.3, 0.4) is 0 Å². The molecule has 4 heteroatoms. The summed E-state index contributed by atoms with van der Waals surface area (Å²) in [5.41, 5.74) is 1.00. The Hall–Kier alpha value is -1.06. The molecule has 0 aromatic heterocycles. The summed E-state index contributed by atoms with van der Waals surface area (Å²) >= 11 is 6.09. The highest BCUT2D eigenvalue weighted by atomic mass is 35.5. The highest BCUT2D eigenvalue weighted by Crippen LogP contribution is 2.22. The first-order valence-corrected chi connectivity index (χ1v) is 5.14. The summed E-state index contributed by atoms with van der Waals surface area (Å²) in [5, 5.41) is 2.93. The van der Waals surface area contributed by atoms with Crippen LogP contribution in [0.15, 0.2) is 24.3 Å². The van der Waals surface area contributed by atoms with E-state index in [4.69, 9.17) is 16.3 Å². The number of carbonyl (C=O) groups is 1. The molecule has 1 aromatic rings. The van der Waals surface area contributed by atoms with Crippen molar-refractivity contribution in [2.45, 2.75) is 12.3 Å². The van der Waals surface area contributed by atoms with Crippen LogP contribution in [0.2, 0.25) is 0 Å². The zero-order valence-corrected chi connectivity index (χ0v) is 9.54. The molecular formula is C11H14ClNO2. The van der Waals surface area contributed by atoms with Crippen molar-refractivity contribution in [2.75, 3.05) is 13.6 Å². The summed E-state index contributed by atoms with van der Waals surface area (Å²) in [5.74, 6) is 0.222. The van der Waals surface area contributed by atoms with Gasteiger partial charge in [0.2, 0.25) is 0 Å². The van der Waals surface area contributed by atoms with Gasteiger partial charge in [0.15, 0.2) is 0 Å². The van der Waals surface area contributed by atoms with E-state index in [1.807, 2.05) is 19.2 Å². The Balaban J connectivity index is 2.67. The van der Waals surface area contributed by atoms with Gasteiger partial charge in [-0.2, -0.15) is 0 Å². The average Bonchev–Trinajstić information content (AvgIpc) is 2.18. The molecule has 0 amide bonds. The van der Waals surface area contributed by atoms with Crippen molar-refractivity contribution < 1.29 is 9.53 Å². The summed E-state index contributed by atoms with van der Waals surface area (Å²) in [4.78, 5) is 10.7. The number of likely N-dealkylation sites (N-methyl/N-ethyl adjacent to an activating group) is 1. The van der Waals surface area contributed by atoms with Crippen molar-refractivity contribution in [1.82, 2.24) is 5.32 Å². The summed E-state index contributed by atoms with van der Waals surface area (Å²) in [7, 11) is 1.85. The topological polar surface area (TPSA) is 38.3 Å². The maximum absolute atomic E-state index is 10.7. The van der Waals surface area contributed by atoms with E-state index in [9.17, 15) is 4.79 Å². The van der Waals surface area contributed by atoms with E-state index in [-0.39, 0.29) is 11.3 Å². The highest BCUT2D eigenvalue weighted by Gasteiger charge is 2.06. The van der Waals surface area contributed by atoms with Gasteiger partial charge in [-0.1, -0.05) is 12.1 Å². The molecule has 0 aliphatic rings. The molecule has 0 aliphatic carbocycles. The van der Waals surface area contributed by atoms with Crippen molar-refractivity contribution in [3.05, 3.63) is 29.8 Å². The quantitative estimate of drug-likeness (QED) is 0.487. The normalized spacial score (nSPS) is 12.2. The fraction of sp³-hybridized carbons (Fsp3) is 0.364. The number of rotatable bonds is 4. The van der Waals surface area contributed by atoms with Crippen LogP contribution in [-0.2, 0) is 4.79 Å². The van der Waals surface area contributed by atoms with Gasteiger partial charge in [-0.05, 0) is 24.7 Å². The third-order valence-corrected chi connectivity index (χ3v) is 2.29. The molecule has 3 nitrogen and oxygen atoms in total. The van der Waals surface area contributed by atoms with E-state index in [2.05, 4.69) is 5.32 Å². The van der Waals surface area contributed by atoms with Crippen molar-refractivity contribution in [3.63, 3.8) is 0 Å². The van der Waals surface area contributed by atoms with Gasteiger partial charge in [-0.25, -0.2) is 0 Å². The number of esters is 1. The second-order valence-corrected chi connectivity index (χ2v) is 3.71. The number of nitrogens with one attached hydrogen (secondary N) is 1. The molecule has 0 heterocycles. The molecule has 1 unspecified atom stereocenters. The standard InChI is InChI=1S/C11H14ClNO2/c1-8(14)15-10-5-3-9(4-6-10)11(12)7-13-2/h3-6,11,13H,7H2,1-2H3. The molecule has 0 spiro atoms. The van der Waals surface area contributed by atoms with Crippen LogP contribution in [-0.4, -0.2) is 19.6 Å². The van der Waals surface area contributed by atoms with Crippen LogP contribution in [0.1, 0.15) is 17.9 Å². The Labute approximate surface area is 94.4 Å². The monoisotopic (exact) mass is 227 g/mol. The van der Waals surface area contributed by atoms with Gasteiger partial charge in [0.05, 0.1) is 5.38 Å². The van der Waals surface area contributed by atoms with Gasteiger partial charge in [0.1, 0.15) is 5.75 Å². The number of halogens is 1. The second kappa shape index (κ2) is 5.73. The van der Waals surface area contributed by atoms with Gasteiger partial charge >= 0.3 is 5.97 Å². The second-order valence-electron chi connectivity index (χ2n) is 3.19. The minimum atomic E-state index is -0.319. The summed E-state index contributed by atoms with van der Waals surface area (Å²) in [6.45, 7) is 2.08. The molecule has 15 heavy (non-hydrogen) atoms. The molecule has 0 saturated carbocycles.